The molecular formula is C19H27N4OS+. The summed E-state index contributed by atoms with van der Waals surface area (Å²) in [4.78, 5) is 20.6. The summed E-state index contributed by atoms with van der Waals surface area (Å²) in [7, 11) is 0. The second-order valence-electron chi connectivity index (χ2n) is 7.40. The van der Waals surface area contributed by atoms with Crippen LogP contribution in [-0.4, -0.2) is 50.2 Å². The molecule has 134 valence electrons. The van der Waals surface area contributed by atoms with E-state index in [2.05, 4.69) is 36.2 Å². The lowest BCUT2D eigenvalue weighted by molar-refractivity contribution is -0.899. The lowest BCUT2D eigenvalue weighted by Gasteiger charge is -2.32. The van der Waals surface area contributed by atoms with E-state index in [1.165, 1.54) is 15.8 Å². The number of fused-ring (bicyclic) bond motifs is 1. The van der Waals surface area contributed by atoms with Crippen LogP contribution in [0.15, 0.2) is 12.1 Å². The molecule has 4 rings (SSSR count). The second-order valence-corrected chi connectivity index (χ2v) is 8.41. The molecule has 2 aromatic rings. The normalized spacial score (nSPS) is 18.7. The zero-order chi connectivity index (χ0) is 17.4. The van der Waals surface area contributed by atoms with Gasteiger partial charge >= 0.3 is 0 Å². The van der Waals surface area contributed by atoms with E-state index in [0.29, 0.717) is 5.92 Å². The predicted octanol–water partition coefficient (Wildman–Crippen LogP) is 1.14. The number of thiazole rings is 1. The molecule has 2 fully saturated rings. The van der Waals surface area contributed by atoms with Crippen LogP contribution < -0.4 is 15.1 Å². The van der Waals surface area contributed by atoms with Crippen LogP contribution in [0.3, 0.4) is 0 Å². The first kappa shape index (κ1) is 16.8. The number of quaternary nitrogens is 1. The van der Waals surface area contributed by atoms with Crippen molar-refractivity contribution in [2.45, 2.75) is 26.7 Å². The molecule has 1 aliphatic carbocycles. The third kappa shape index (κ3) is 3.65. The number of anilines is 1. The van der Waals surface area contributed by atoms with Gasteiger partial charge in [-0.25, -0.2) is 4.98 Å². The molecule has 2 aliphatic rings. The quantitative estimate of drug-likeness (QED) is 0.842. The third-order valence-electron chi connectivity index (χ3n) is 5.54. The van der Waals surface area contributed by atoms with Crippen molar-refractivity contribution in [1.82, 2.24) is 10.3 Å². The standard InChI is InChI=1S/C19H26N4OS/c1-13-3-6-16-17(14(13)2)21-19(25-16)23-11-9-22(10-12-23)8-7-20-18(24)15-4-5-15/h3,6,15H,4-5,7-12H2,1-2H3,(H,20,24)/p+1. The predicted molar refractivity (Wildman–Crippen MR) is 103 cm³/mol. The summed E-state index contributed by atoms with van der Waals surface area (Å²) in [5.74, 6) is 0.580. The van der Waals surface area contributed by atoms with Gasteiger partial charge in [0.25, 0.3) is 0 Å². The lowest BCUT2D eigenvalue weighted by Crippen LogP contribution is -3.15. The van der Waals surface area contributed by atoms with Crippen molar-refractivity contribution in [3.63, 3.8) is 0 Å². The van der Waals surface area contributed by atoms with E-state index in [4.69, 9.17) is 4.98 Å². The zero-order valence-electron chi connectivity index (χ0n) is 15.1. The third-order valence-corrected chi connectivity index (χ3v) is 6.62. The van der Waals surface area contributed by atoms with Gasteiger partial charge in [0.1, 0.15) is 0 Å². The number of amides is 1. The van der Waals surface area contributed by atoms with E-state index >= 15 is 0 Å². The summed E-state index contributed by atoms with van der Waals surface area (Å²) in [6.07, 6.45) is 2.16. The molecule has 0 atom stereocenters. The van der Waals surface area contributed by atoms with Gasteiger partial charge in [-0.1, -0.05) is 17.4 Å². The molecule has 2 heterocycles. The van der Waals surface area contributed by atoms with E-state index in [1.54, 1.807) is 4.90 Å². The van der Waals surface area contributed by atoms with Gasteiger partial charge in [-0.15, -0.1) is 0 Å². The average molecular weight is 360 g/mol. The molecule has 0 radical (unpaired) electrons. The summed E-state index contributed by atoms with van der Waals surface area (Å²) >= 11 is 1.81. The molecule has 2 N–H and O–H groups in total. The van der Waals surface area contributed by atoms with E-state index in [1.807, 2.05) is 11.3 Å². The Morgan fingerprint density at radius 3 is 2.80 bits per heavy atom. The van der Waals surface area contributed by atoms with Crippen molar-refractivity contribution >= 4 is 32.6 Å². The van der Waals surface area contributed by atoms with Gasteiger partial charge in [0, 0.05) is 5.92 Å². The number of carbonyl (C=O) groups is 1. The molecule has 1 amide bonds. The van der Waals surface area contributed by atoms with Crippen LogP contribution in [-0.2, 0) is 4.79 Å². The van der Waals surface area contributed by atoms with E-state index in [9.17, 15) is 4.79 Å². The Morgan fingerprint density at radius 1 is 1.32 bits per heavy atom. The van der Waals surface area contributed by atoms with Gasteiger partial charge in [-0.05, 0) is 43.9 Å². The molecule has 1 saturated heterocycles. The number of aromatic nitrogens is 1. The number of nitrogens with zero attached hydrogens (tertiary/aromatic N) is 2. The number of carbonyl (C=O) groups excluding carboxylic acids is 1. The fraction of sp³-hybridized carbons (Fsp3) is 0.579. The SMILES string of the molecule is Cc1ccc2sc(N3CC[NH+](CCNC(=O)C4CC4)CC3)nc2c1C. The van der Waals surface area contributed by atoms with Gasteiger partial charge < -0.3 is 15.1 Å². The highest BCUT2D eigenvalue weighted by Gasteiger charge is 2.29. The van der Waals surface area contributed by atoms with Crippen molar-refractivity contribution in [3.8, 4) is 0 Å². The van der Waals surface area contributed by atoms with Crippen LogP contribution in [0.5, 0.6) is 0 Å². The molecule has 1 aliphatic heterocycles. The topological polar surface area (TPSA) is 49.7 Å². The Labute approximate surface area is 153 Å². The number of hydrogen-bond donors (Lipinski definition) is 2. The fourth-order valence-corrected chi connectivity index (χ4v) is 4.54. The molecule has 0 spiro atoms. The first-order valence-electron chi connectivity index (χ1n) is 9.35. The van der Waals surface area contributed by atoms with Gasteiger partial charge in [-0.2, -0.15) is 0 Å². The van der Waals surface area contributed by atoms with Gasteiger partial charge in [0.15, 0.2) is 5.13 Å². The van der Waals surface area contributed by atoms with Crippen LogP contribution in [0.4, 0.5) is 5.13 Å². The highest BCUT2D eigenvalue weighted by molar-refractivity contribution is 7.22. The van der Waals surface area contributed by atoms with Gasteiger partial charge in [0.2, 0.25) is 5.91 Å². The highest BCUT2D eigenvalue weighted by atomic mass is 32.1. The van der Waals surface area contributed by atoms with E-state index in [-0.39, 0.29) is 5.91 Å². The Bertz CT molecular complexity index is 775. The minimum atomic E-state index is 0.262. The number of nitrogens with one attached hydrogen (secondary N) is 2. The molecule has 1 aromatic carbocycles. The summed E-state index contributed by atoms with van der Waals surface area (Å²) in [6.45, 7) is 10.5. The number of benzene rings is 1. The van der Waals surface area contributed by atoms with Crippen molar-refractivity contribution in [1.29, 1.82) is 0 Å². The van der Waals surface area contributed by atoms with Crippen molar-refractivity contribution < 1.29 is 9.69 Å². The molecular weight excluding hydrogens is 332 g/mol. The summed E-state index contributed by atoms with van der Waals surface area (Å²) in [5.41, 5.74) is 3.78. The van der Waals surface area contributed by atoms with E-state index < -0.39 is 0 Å². The van der Waals surface area contributed by atoms with Crippen LogP contribution in [0, 0.1) is 19.8 Å². The number of aryl methyl sites for hydroxylation is 2. The van der Waals surface area contributed by atoms with Crippen LogP contribution in [0.25, 0.3) is 10.2 Å². The van der Waals surface area contributed by atoms with Gasteiger partial charge in [0.05, 0.1) is 49.5 Å². The summed E-state index contributed by atoms with van der Waals surface area (Å²) in [5, 5.41) is 4.24. The first-order chi connectivity index (χ1) is 12.1. The lowest BCUT2D eigenvalue weighted by atomic mass is 10.1. The summed E-state index contributed by atoms with van der Waals surface area (Å²) in [6, 6.07) is 4.39. The minimum Gasteiger partial charge on any atom is -0.350 e. The first-order valence-corrected chi connectivity index (χ1v) is 10.2. The van der Waals surface area contributed by atoms with Crippen molar-refractivity contribution in [2.24, 2.45) is 5.92 Å². The maximum absolute atomic E-state index is 11.7. The summed E-state index contributed by atoms with van der Waals surface area (Å²) < 4.78 is 1.29. The number of hydrogen-bond acceptors (Lipinski definition) is 4. The zero-order valence-corrected chi connectivity index (χ0v) is 15.9. The van der Waals surface area contributed by atoms with E-state index in [0.717, 1.165) is 62.8 Å². The molecule has 5 nitrogen and oxygen atoms in total. The Kier molecular flexibility index (Phi) is 4.65. The maximum Gasteiger partial charge on any atom is 0.223 e. The Hall–Kier alpha value is -1.66. The largest absolute Gasteiger partial charge is 0.350 e. The monoisotopic (exact) mass is 359 g/mol. The second kappa shape index (κ2) is 6.92. The molecule has 0 bridgehead atoms. The molecule has 25 heavy (non-hydrogen) atoms. The van der Waals surface area contributed by atoms with Crippen LogP contribution in [0.2, 0.25) is 0 Å². The smallest absolute Gasteiger partial charge is 0.223 e. The molecule has 1 saturated carbocycles. The Balaban J connectivity index is 1.31. The average Bonchev–Trinajstić information content (AvgIpc) is 3.38. The van der Waals surface area contributed by atoms with Crippen molar-refractivity contribution in [3.05, 3.63) is 23.3 Å². The fourth-order valence-electron chi connectivity index (χ4n) is 3.47. The highest BCUT2D eigenvalue weighted by Crippen LogP contribution is 2.31. The van der Waals surface area contributed by atoms with Crippen LogP contribution in [0.1, 0.15) is 24.0 Å². The molecule has 0 unspecified atom stereocenters. The van der Waals surface area contributed by atoms with Crippen LogP contribution >= 0.6 is 11.3 Å². The molecule has 6 heteroatoms. The number of rotatable bonds is 5. The Morgan fingerprint density at radius 2 is 2.08 bits per heavy atom. The maximum atomic E-state index is 11.7. The molecule has 1 aromatic heterocycles. The minimum absolute atomic E-state index is 0.262. The van der Waals surface area contributed by atoms with Gasteiger partial charge in [-0.3, -0.25) is 4.79 Å². The van der Waals surface area contributed by atoms with Crippen molar-refractivity contribution in [2.75, 3.05) is 44.2 Å². The number of piperazine rings is 1.